The number of aromatic nitrogens is 1. The van der Waals surface area contributed by atoms with Crippen LogP contribution >= 0.6 is 0 Å². The molecular formula is C36H28N2O3. The van der Waals surface area contributed by atoms with Gasteiger partial charge in [-0.2, -0.15) is 0 Å². The lowest BCUT2D eigenvalue weighted by Gasteiger charge is -2.25. The quantitative estimate of drug-likeness (QED) is 0.236. The van der Waals surface area contributed by atoms with E-state index < -0.39 is 6.23 Å². The molecule has 1 N–H and O–H groups in total. The number of anilines is 1. The third-order valence-electron chi connectivity index (χ3n) is 8.13. The van der Waals surface area contributed by atoms with Gasteiger partial charge in [0, 0.05) is 27.5 Å². The predicted octanol–water partition coefficient (Wildman–Crippen LogP) is 7.59. The molecule has 1 aliphatic rings. The van der Waals surface area contributed by atoms with E-state index in [0.29, 0.717) is 27.9 Å². The summed E-state index contributed by atoms with van der Waals surface area (Å²) in [4.78, 5) is 29.5. The number of aryl methyl sites for hydroxylation is 3. The number of benzene rings is 5. The van der Waals surface area contributed by atoms with Crippen molar-refractivity contribution in [2.75, 3.05) is 4.90 Å². The molecule has 41 heavy (non-hydrogen) atoms. The molecule has 0 bridgehead atoms. The molecule has 0 fully saturated rings. The summed E-state index contributed by atoms with van der Waals surface area (Å²) in [5.74, 6) is -0.305. The van der Waals surface area contributed by atoms with Crippen LogP contribution in [0.5, 0.6) is 0 Å². The summed E-state index contributed by atoms with van der Waals surface area (Å²) in [5, 5.41) is 13.3. The Bertz CT molecular complexity index is 2010. The molecule has 0 saturated heterocycles. The highest BCUT2D eigenvalue weighted by molar-refractivity contribution is 6.24. The summed E-state index contributed by atoms with van der Waals surface area (Å²) >= 11 is 0. The molecule has 0 spiro atoms. The van der Waals surface area contributed by atoms with E-state index in [4.69, 9.17) is 0 Å². The summed E-state index contributed by atoms with van der Waals surface area (Å²) < 4.78 is 2.05. The van der Waals surface area contributed by atoms with Crippen molar-refractivity contribution < 1.29 is 14.7 Å². The summed E-state index contributed by atoms with van der Waals surface area (Å²) in [5.41, 5.74) is 8.34. The van der Waals surface area contributed by atoms with Crippen LogP contribution in [-0.2, 0) is 0 Å². The van der Waals surface area contributed by atoms with Crippen LogP contribution in [0.15, 0.2) is 103 Å². The lowest BCUT2D eigenvalue weighted by Crippen LogP contribution is -2.29. The maximum Gasteiger partial charge on any atom is 0.263 e. The van der Waals surface area contributed by atoms with Crippen LogP contribution in [0.1, 0.15) is 54.8 Å². The Morgan fingerprint density at radius 1 is 0.756 bits per heavy atom. The normalized spacial score (nSPS) is 14.7. The van der Waals surface area contributed by atoms with Crippen LogP contribution in [0.2, 0.25) is 0 Å². The molecule has 1 unspecified atom stereocenters. The van der Waals surface area contributed by atoms with Gasteiger partial charge in [0.2, 0.25) is 0 Å². The van der Waals surface area contributed by atoms with Crippen LogP contribution in [-0.4, -0.2) is 21.4 Å². The zero-order valence-electron chi connectivity index (χ0n) is 23.1. The molecule has 7 rings (SSSR count). The number of carbonyl (C=O) groups is 2. The molecule has 6 aromatic rings. The largest absolute Gasteiger partial charge is 0.369 e. The molecule has 200 valence electrons. The maximum absolute atomic E-state index is 14.2. The number of carbonyl (C=O) groups excluding carboxylic acids is 2. The first-order valence-corrected chi connectivity index (χ1v) is 13.7. The number of aliphatic hydroxyl groups is 1. The van der Waals surface area contributed by atoms with E-state index in [1.807, 2.05) is 128 Å². The number of fused-ring (bicyclic) bond motifs is 4. The summed E-state index contributed by atoms with van der Waals surface area (Å²) in [7, 11) is 0. The van der Waals surface area contributed by atoms with Gasteiger partial charge in [-0.1, -0.05) is 90.5 Å². The van der Waals surface area contributed by atoms with Gasteiger partial charge < -0.3 is 9.67 Å². The summed E-state index contributed by atoms with van der Waals surface area (Å²) in [6, 6.07) is 32.6. The fourth-order valence-electron chi connectivity index (χ4n) is 6.55. The van der Waals surface area contributed by atoms with Crippen molar-refractivity contribution in [1.82, 2.24) is 4.57 Å². The zero-order valence-corrected chi connectivity index (χ0v) is 23.1. The SMILES string of the molecule is Cc1cc(C)c(N2C(=O)c3c(cccc3-n3c4ccccc4c4c(C(=O)c5ccccc5)cccc43)C2O)c(C)c1. The molecule has 1 atom stereocenters. The van der Waals surface area contributed by atoms with E-state index in [-0.39, 0.29) is 11.7 Å². The highest BCUT2D eigenvalue weighted by Gasteiger charge is 2.40. The molecule has 5 heteroatoms. The molecule has 0 aliphatic carbocycles. The Kier molecular flexibility index (Phi) is 5.66. The number of ketones is 1. The zero-order chi connectivity index (χ0) is 28.4. The van der Waals surface area contributed by atoms with Crippen molar-refractivity contribution in [1.29, 1.82) is 0 Å². The second kappa shape index (κ2) is 9.29. The fourth-order valence-corrected chi connectivity index (χ4v) is 6.55. The van der Waals surface area contributed by atoms with Crippen LogP contribution in [0.4, 0.5) is 5.69 Å². The van der Waals surface area contributed by atoms with Crippen LogP contribution in [0.3, 0.4) is 0 Å². The molecule has 0 radical (unpaired) electrons. The Labute approximate surface area is 237 Å². The molecule has 2 heterocycles. The van der Waals surface area contributed by atoms with Gasteiger partial charge in [-0.3, -0.25) is 14.5 Å². The van der Waals surface area contributed by atoms with Crippen molar-refractivity contribution in [3.8, 4) is 5.69 Å². The molecule has 1 amide bonds. The van der Waals surface area contributed by atoms with E-state index in [9.17, 15) is 14.7 Å². The maximum atomic E-state index is 14.2. The average molecular weight is 537 g/mol. The second-order valence-electron chi connectivity index (χ2n) is 10.8. The third-order valence-corrected chi connectivity index (χ3v) is 8.13. The Morgan fingerprint density at radius 2 is 1.41 bits per heavy atom. The topological polar surface area (TPSA) is 62.5 Å². The van der Waals surface area contributed by atoms with E-state index in [0.717, 1.165) is 44.2 Å². The van der Waals surface area contributed by atoms with Gasteiger partial charge in [-0.25, -0.2) is 0 Å². The summed E-state index contributed by atoms with van der Waals surface area (Å²) in [6.45, 7) is 5.97. The first-order valence-electron chi connectivity index (χ1n) is 13.7. The molecule has 5 nitrogen and oxygen atoms in total. The lowest BCUT2D eigenvalue weighted by atomic mass is 9.98. The summed E-state index contributed by atoms with van der Waals surface area (Å²) in [6.07, 6.45) is -1.11. The highest BCUT2D eigenvalue weighted by atomic mass is 16.3. The van der Waals surface area contributed by atoms with E-state index >= 15 is 0 Å². The van der Waals surface area contributed by atoms with Crippen molar-refractivity contribution in [2.24, 2.45) is 0 Å². The van der Waals surface area contributed by atoms with E-state index in [1.54, 1.807) is 0 Å². The minimum absolute atomic E-state index is 0.0552. The number of para-hydroxylation sites is 1. The highest BCUT2D eigenvalue weighted by Crippen LogP contribution is 2.43. The van der Waals surface area contributed by atoms with E-state index in [1.165, 1.54) is 4.90 Å². The van der Waals surface area contributed by atoms with Gasteiger partial charge in [0.05, 0.1) is 28.0 Å². The Morgan fingerprint density at radius 3 is 2.17 bits per heavy atom. The number of amides is 1. The van der Waals surface area contributed by atoms with Crippen LogP contribution < -0.4 is 4.90 Å². The first kappa shape index (κ1) is 25.0. The number of rotatable bonds is 4. The van der Waals surface area contributed by atoms with Gasteiger partial charge in [-0.05, 0) is 50.1 Å². The van der Waals surface area contributed by atoms with Crippen molar-refractivity contribution in [3.63, 3.8) is 0 Å². The first-order chi connectivity index (χ1) is 19.9. The van der Waals surface area contributed by atoms with Crippen molar-refractivity contribution in [3.05, 3.63) is 142 Å². The number of aliphatic hydroxyl groups excluding tert-OH is 1. The smallest absolute Gasteiger partial charge is 0.263 e. The Hall–Kier alpha value is -5.00. The third kappa shape index (κ3) is 3.66. The molecule has 5 aromatic carbocycles. The van der Waals surface area contributed by atoms with Gasteiger partial charge in [-0.15, -0.1) is 0 Å². The predicted molar refractivity (Wildman–Crippen MR) is 163 cm³/mol. The molecule has 1 aromatic heterocycles. The minimum atomic E-state index is -1.11. The van der Waals surface area contributed by atoms with Crippen LogP contribution in [0.25, 0.3) is 27.5 Å². The average Bonchev–Trinajstić information content (AvgIpc) is 3.44. The number of nitrogens with zero attached hydrogens (tertiary/aromatic N) is 2. The van der Waals surface area contributed by atoms with Gasteiger partial charge in [0.15, 0.2) is 12.0 Å². The van der Waals surface area contributed by atoms with Crippen molar-refractivity contribution >= 4 is 39.2 Å². The number of hydrogen-bond donors (Lipinski definition) is 1. The monoisotopic (exact) mass is 536 g/mol. The van der Waals surface area contributed by atoms with Crippen molar-refractivity contribution in [2.45, 2.75) is 27.0 Å². The second-order valence-corrected chi connectivity index (χ2v) is 10.8. The molecule has 0 saturated carbocycles. The van der Waals surface area contributed by atoms with Crippen LogP contribution in [0, 0.1) is 20.8 Å². The van der Waals surface area contributed by atoms with Gasteiger partial charge >= 0.3 is 0 Å². The Balaban J connectivity index is 1.48. The molecule has 1 aliphatic heterocycles. The lowest BCUT2D eigenvalue weighted by molar-refractivity contribution is 0.0934. The fraction of sp³-hybridized carbons (Fsp3) is 0.111. The van der Waals surface area contributed by atoms with Gasteiger partial charge in [0.1, 0.15) is 0 Å². The minimum Gasteiger partial charge on any atom is -0.369 e. The van der Waals surface area contributed by atoms with Gasteiger partial charge in [0.25, 0.3) is 5.91 Å². The number of hydrogen-bond acceptors (Lipinski definition) is 3. The standard InChI is InChI=1S/C36H28N2O3/c1-21-19-22(2)33(23(3)20-21)38-35(40)27-15-10-18-30(32(27)36(38)41)37-28-16-8-7-13-25(28)31-26(14-9-17-29(31)37)34(39)24-11-5-4-6-12-24/h4-20,35,40H,1-3H3. The molecular weight excluding hydrogens is 508 g/mol. The van der Waals surface area contributed by atoms with E-state index in [2.05, 4.69) is 0 Å².